The molecule has 0 aromatic carbocycles. The first-order valence-electron chi connectivity index (χ1n) is 6.69. The summed E-state index contributed by atoms with van der Waals surface area (Å²) in [4.78, 5) is 4.34. The van der Waals surface area contributed by atoms with Gasteiger partial charge in [0.05, 0.1) is 18.6 Å². The minimum Gasteiger partial charge on any atom is -0.381 e. The van der Waals surface area contributed by atoms with E-state index in [0.29, 0.717) is 18.0 Å². The third kappa shape index (κ3) is 2.11. The lowest BCUT2D eigenvalue weighted by atomic mass is 10.00. The normalized spacial score (nSPS) is 30.9. The van der Waals surface area contributed by atoms with Gasteiger partial charge in [0.1, 0.15) is 0 Å². The zero-order valence-corrected chi connectivity index (χ0v) is 10.4. The van der Waals surface area contributed by atoms with Gasteiger partial charge in [0.15, 0.2) is 0 Å². The van der Waals surface area contributed by atoms with Gasteiger partial charge < -0.3 is 14.6 Å². The molecule has 0 radical (unpaired) electrons. The van der Waals surface area contributed by atoms with Gasteiger partial charge in [-0.05, 0) is 32.7 Å². The van der Waals surface area contributed by atoms with Crippen molar-refractivity contribution in [1.82, 2.24) is 14.9 Å². The molecule has 0 spiro atoms. The standard InChI is InChI=1S/C13H21N3O/c1-10(11-4-6-17-8-11)16-9-14-7-13(16)12-3-2-5-15-12/h7,9-12,15H,2-6,8H2,1H3/t10?,11?,12-/m0/s1. The topological polar surface area (TPSA) is 39.1 Å². The van der Waals surface area contributed by atoms with Crippen LogP contribution in [0.5, 0.6) is 0 Å². The van der Waals surface area contributed by atoms with E-state index >= 15 is 0 Å². The molecule has 3 heterocycles. The molecule has 0 saturated carbocycles. The van der Waals surface area contributed by atoms with Crippen molar-refractivity contribution < 1.29 is 4.74 Å². The average molecular weight is 235 g/mol. The van der Waals surface area contributed by atoms with Gasteiger partial charge in [-0.15, -0.1) is 0 Å². The summed E-state index contributed by atoms with van der Waals surface area (Å²) in [6.07, 6.45) is 7.70. The summed E-state index contributed by atoms with van der Waals surface area (Å²) < 4.78 is 7.84. The number of hydrogen-bond acceptors (Lipinski definition) is 3. The smallest absolute Gasteiger partial charge is 0.0951 e. The van der Waals surface area contributed by atoms with Crippen molar-refractivity contribution in [1.29, 1.82) is 0 Å². The quantitative estimate of drug-likeness (QED) is 0.869. The van der Waals surface area contributed by atoms with Gasteiger partial charge >= 0.3 is 0 Å². The number of hydrogen-bond donors (Lipinski definition) is 1. The summed E-state index contributed by atoms with van der Waals surface area (Å²) in [7, 11) is 0. The maximum atomic E-state index is 5.49. The number of rotatable bonds is 3. The highest BCUT2D eigenvalue weighted by Gasteiger charge is 2.27. The van der Waals surface area contributed by atoms with E-state index in [1.165, 1.54) is 25.0 Å². The molecule has 2 unspecified atom stereocenters. The van der Waals surface area contributed by atoms with Crippen LogP contribution in [0.15, 0.2) is 12.5 Å². The van der Waals surface area contributed by atoms with E-state index in [1.54, 1.807) is 0 Å². The van der Waals surface area contributed by atoms with Crippen LogP contribution in [0.4, 0.5) is 0 Å². The van der Waals surface area contributed by atoms with E-state index in [1.807, 2.05) is 12.5 Å². The third-order valence-electron chi connectivity index (χ3n) is 4.20. The molecule has 2 saturated heterocycles. The Kier molecular flexibility index (Phi) is 3.16. The molecule has 17 heavy (non-hydrogen) atoms. The Labute approximate surface area is 102 Å². The molecule has 0 bridgehead atoms. The summed E-state index contributed by atoms with van der Waals surface area (Å²) >= 11 is 0. The van der Waals surface area contributed by atoms with Crippen LogP contribution in [-0.4, -0.2) is 29.3 Å². The summed E-state index contributed by atoms with van der Waals surface area (Å²) in [5, 5.41) is 3.55. The van der Waals surface area contributed by atoms with Crippen molar-refractivity contribution in [3.05, 3.63) is 18.2 Å². The number of nitrogens with one attached hydrogen (secondary N) is 1. The van der Waals surface area contributed by atoms with Crippen molar-refractivity contribution in [2.24, 2.45) is 5.92 Å². The maximum absolute atomic E-state index is 5.49. The molecular formula is C13H21N3O. The summed E-state index contributed by atoms with van der Waals surface area (Å²) in [5.41, 5.74) is 1.35. The number of imidazole rings is 1. The van der Waals surface area contributed by atoms with Gasteiger partial charge in [-0.25, -0.2) is 4.98 Å². The highest BCUT2D eigenvalue weighted by molar-refractivity contribution is 5.08. The van der Waals surface area contributed by atoms with Gasteiger partial charge in [-0.3, -0.25) is 0 Å². The van der Waals surface area contributed by atoms with Crippen LogP contribution >= 0.6 is 0 Å². The minimum absolute atomic E-state index is 0.498. The molecule has 1 aromatic rings. The van der Waals surface area contributed by atoms with Crippen LogP contribution in [-0.2, 0) is 4.74 Å². The second-order valence-corrected chi connectivity index (χ2v) is 5.24. The van der Waals surface area contributed by atoms with Crippen LogP contribution < -0.4 is 5.32 Å². The molecule has 4 heteroatoms. The SMILES string of the molecule is CC(C1CCOC1)n1cncc1[C@@H]1CCCN1. The zero-order chi connectivity index (χ0) is 11.7. The van der Waals surface area contributed by atoms with Gasteiger partial charge in [0.25, 0.3) is 0 Å². The molecule has 2 fully saturated rings. The number of ether oxygens (including phenoxy) is 1. The summed E-state index contributed by atoms with van der Waals surface area (Å²) in [5.74, 6) is 0.643. The van der Waals surface area contributed by atoms with Crippen molar-refractivity contribution >= 4 is 0 Å². The Morgan fingerprint density at radius 3 is 3.18 bits per heavy atom. The van der Waals surface area contributed by atoms with Crippen LogP contribution in [0.2, 0.25) is 0 Å². The van der Waals surface area contributed by atoms with Gasteiger partial charge in [-0.1, -0.05) is 0 Å². The molecular weight excluding hydrogens is 214 g/mol. The molecule has 2 aliphatic rings. The van der Waals surface area contributed by atoms with Crippen LogP contribution in [0, 0.1) is 5.92 Å². The van der Waals surface area contributed by atoms with Crippen LogP contribution in [0.3, 0.4) is 0 Å². The van der Waals surface area contributed by atoms with Crippen molar-refractivity contribution in [3.63, 3.8) is 0 Å². The first-order chi connectivity index (χ1) is 8.36. The minimum atomic E-state index is 0.498. The van der Waals surface area contributed by atoms with Crippen molar-refractivity contribution in [2.45, 2.75) is 38.3 Å². The molecule has 4 nitrogen and oxygen atoms in total. The predicted molar refractivity (Wildman–Crippen MR) is 65.8 cm³/mol. The number of aromatic nitrogens is 2. The van der Waals surface area contributed by atoms with Crippen molar-refractivity contribution in [3.8, 4) is 0 Å². The first-order valence-corrected chi connectivity index (χ1v) is 6.69. The Bertz CT molecular complexity index is 364. The Morgan fingerprint density at radius 2 is 2.47 bits per heavy atom. The van der Waals surface area contributed by atoms with E-state index in [-0.39, 0.29) is 0 Å². The molecule has 2 aliphatic heterocycles. The Hall–Kier alpha value is -0.870. The monoisotopic (exact) mass is 235 g/mol. The first kappa shape index (κ1) is 11.2. The van der Waals surface area contributed by atoms with Crippen molar-refractivity contribution in [2.75, 3.05) is 19.8 Å². The molecule has 94 valence electrons. The lowest BCUT2D eigenvalue weighted by molar-refractivity contribution is 0.174. The molecule has 1 aromatic heterocycles. The average Bonchev–Trinajstić information content (AvgIpc) is 3.09. The highest BCUT2D eigenvalue weighted by Crippen LogP contribution is 2.30. The predicted octanol–water partition coefficient (Wildman–Crippen LogP) is 1.91. The van der Waals surface area contributed by atoms with E-state index < -0.39 is 0 Å². The fourth-order valence-electron chi connectivity index (χ4n) is 3.02. The lowest BCUT2D eigenvalue weighted by Crippen LogP contribution is -2.22. The van der Waals surface area contributed by atoms with Gasteiger partial charge in [-0.2, -0.15) is 0 Å². The molecule has 0 amide bonds. The molecule has 3 rings (SSSR count). The molecule has 1 N–H and O–H groups in total. The maximum Gasteiger partial charge on any atom is 0.0951 e. The van der Waals surface area contributed by atoms with Gasteiger partial charge in [0, 0.05) is 30.8 Å². The van der Waals surface area contributed by atoms with Crippen LogP contribution in [0.25, 0.3) is 0 Å². The van der Waals surface area contributed by atoms with E-state index in [4.69, 9.17) is 4.74 Å². The molecule has 3 atom stereocenters. The number of nitrogens with zero attached hydrogens (tertiary/aromatic N) is 2. The Balaban J connectivity index is 1.79. The van der Waals surface area contributed by atoms with E-state index in [9.17, 15) is 0 Å². The lowest BCUT2D eigenvalue weighted by Gasteiger charge is -2.23. The summed E-state index contributed by atoms with van der Waals surface area (Å²) in [6.45, 7) is 5.24. The third-order valence-corrected chi connectivity index (χ3v) is 4.20. The largest absolute Gasteiger partial charge is 0.381 e. The summed E-state index contributed by atoms with van der Waals surface area (Å²) in [6, 6.07) is 1.000. The Morgan fingerprint density at radius 1 is 1.53 bits per heavy atom. The second-order valence-electron chi connectivity index (χ2n) is 5.24. The fourth-order valence-corrected chi connectivity index (χ4v) is 3.02. The highest BCUT2D eigenvalue weighted by atomic mass is 16.5. The molecule has 0 aliphatic carbocycles. The van der Waals surface area contributed by atoms with Gasteiger partial charge in [0.2, 0.25) is 0 Å². The zero-order valence-electron chi connectivity index (χ0n) is 10.4. The van der Waals surface area contributed by atoms with E-state index in [2.05, 4.69) is 21.8 Å². The van der Waals surface area contributed by atoms with Crippen LogP contribution in [0.1, 0.15) is 44.0 Å². The second kappa shape index (κ2) is 4.78. The fraction of sp³-hybridized carbons (Fsp3) is 0.769. The van der Waals surface area contributed by atoms with E-state index in [0.717, 1.165) is 19.8 Å².